The molecule has 2 rings (SSSR count). The van der Waals surface area contributed by atoms with Crippen molar-refractivity contribution in [2.75, 3.05) is 24.9 Å². The third-order valence-corrected chi connectivity index (χ3v) is 5.62. The highest BCUT2D eigenvalue weighted by molar-refractivity contribution is 7.95. The van der Waals surface area contributed by atoms with Gasteiger partial charge in [0.2, 0.25) is 0 Å². The number of rotatable bonds is 6. The van der Waals surface area contributed by atoms with Gasteiger partial charge in [0.15, 0.2) is 0 Å². The molecule has 1 atom stereocenters. The Labute approximate surface area is 143 Å². The molecule has 1 aromatic rings. The molecule has 0 aliphatic carbocycles. The summed E-state index contributed by atoms with van der Waals surface area (Å²) in [6.07, 6.45) is 11.9. The zero-order valence-electron chi connectivity index (χ0n) is 14.3. The molecular formula is C17H28O4S2. The van der Waals surface area contributed by atoms with Crippen LogP contribution in [0.2, 0.25) is 0 Å². The van der Waals surface area contributed by atoms with Crippen LogP contribution in [0, 0.1) is 6.92 Å². The van der Waals surface area contributed by atoms with Crippen molar-refractivity contribution < 1.29 is 17.7 Å². The molecule has 132 valence electrons. The first kappa shape index (κ1) is 20.5. The second-order valence-electron chi connectivity index (χ2n) is 6.09. The number of hydrogen-bond donors (Lipinski definition) is 0. The van der Waals surface area contributed by atoms with Crippen LogP contribution in [0.5, 0.6) is 0 Å². The second kappa shape index (κ2) is 10.3. The van der Waals surface area contributed by atoms with Crippen molar-refractivity contribution in [2.24, 2.45) is 0 Å². The average molecular weight is 361 g/mol. The van der Waals surface area contributed by atoms with E-state index in [9.17, 15) is 13.0 Å². The van der Waals surface area contributed by atoms with Crippen LogP contribution in [0.1, 0.15) is 37.7 Å². The van der Waals surface area contributed by atoms with E-state index in [1.807, 2.05) is 6.92 Å². The minimum Gasteiger partial charge on any atom is -0.744 e. The van der Waals surface area contributed by atoms with Crippen LogP contribution in [0.15, 0.2) is 29.2 Å². The van der Waals surface area contributed by atoms with Crippen molar-refractivity contribution in [2.45, 2.75) is 50.0 Å². The summed E-state index contributed by atoms with van der Waals surface area (Å²) in [6.45, 7) is 2.83. The molecule has 1 aliphatic heterocycles. The first-order chi connectivity index (χ1) is 10.8. The summed E-state index contributed by atoms with van der Waals surface area (Å²) in [5.74, 6) is 1.41. The van der Waals surface area contributed by atoms with Crippen molar-refractivity contribution in [3.05, 3.63) is 29.8 Å². The van der Waals surface area contributed by atoms with Gasteiger partial charge in [0.1, 0.15) is 15.9 Å². The molecule has 1 unspecified atom stereocenters. The van der Waals surface area contributed by atoms with Crippen LogP contribution in [0.25, 0.3) is 0 Å². The van der Waals surface area contributed by atoms with Crippen LogP contribution in [0.3, 0.4) is 0 Å². The predicted octanol–water partition coefficient (Wildman–Crippen LogP) is 3.11. The molecule has 0 saturated carbocycles. The Morgan fingerprint density at radius 2 is 1.87 bits per heavy atom. The summed E-state index contributed by atoms with van der Waals surface area (Å²) < 4.78 is 36.7. The van der Waals surface area contributed by atoms with E-state index in [1.54, 1.807) is 12.1 Å². The quantitative estimate of drug-likeness (QED) is 0.444. The molecule has 1 saturated heterocycles. The van der Waals surface area contributed by atoms with Crippen LogP contribution in [0.4, 0.5) is 0 Å². The van der Waals surface area contributed by atoms with E-state index in [-0.39, 0.29) is 4.90 Å². The van der Waals surface area contributed by atoms with Gasteiger partial charge in [0.25, 0.3) is 0 Å². The van der Waals surface area contributed by atoms with Gasteiger partial charge in [-0.3, -0.25) is 0 Å². The highest BCUT2D eigenvalue weighted by Crippen LogP contribution is 2.17. The van der Waals surface area contributed by atoms with E-state index in [2.05, 4.69) is 12.5 Å². The number of unbranched alkanes of at least 4 members (excludes halogenated alkanes) is 1. The Hall–Kier alpha value is -0.560. The lowest BCUT2D eigenvalue weighted by molar-refractivity contribution is 0.102. The standard InChI is InChI=1S/C10H21OS.C7H8O3S/c1-12(2)9-4-3-6-10-7-5-8-11-10;1-6-2-4-7(5-3-6)11(8,9)10/h10H,3-9H2,1-2H3;2-5H,1H3,(H,8,9,10)/q+1;/p-1. The molecule has 1 heterocycles. The average Bonchev–Trinajstić information content (AvgIpc) is 2.97. The van der Waals surface area contributed by atoms with E-state index in [0.29, 0.717) is 17.0 Å². The summed E-state index contributed by atoms with van der Waals surface area (Å²) in [7, 11) is -3.63. The maximum atomic E-state index is 10.4. The lowest BCUT2D eigenvalue weighted by Crippen LogP contribution is -2.06. The maximum Gasteiger partial charge on any atom is 0.124 e. The second-order valence-corrected chi connectivity index (χ2v) is 9.85. The van der Waals surface area contributed by atoms with Crippen molar-refractivity contribution in [3.63, 3.8) is 0 Å². The Morgan fingerprint density at radius 3 is 2.35 bits per heavy atom. The van der Waals surface area contributed by atoms with Gasteiger partial charge < -0.3 is 9.29 Å². The van der Waals surface area contributed by atoms with Crippen molar-refractivity contribution in [1.29, 1.82) is 0 Å². The minimum absolute atomic E-state index is 0.178. The molecule has 23 heavy (non-hydrogen) atoms. The third kappa shape index (κ3) is 9.35. The first-order valence-electron chi connectivity index (χ1n) is 7.97. The Kier molecular flexibility index (Phi) is 9.20. The van der Waals surface area contributed by atoms with Gasteiger partial charge in [-0.25, -0.2) is 8.42 Å². The molecule has 1 aromatic carbocycles. The largest absolute Gasteiger partial charge is 0.744 e. The summed E-state index contributed by atoms with van der Waals surface area (Å²) >= 11 is 0. The van der Waals surface area contributed by atoms with Gasteiger partial charge in [0.05, 0.1) is 23.5 Å². The zero-order chi connectivity index (χ0) is 17.3. The van der Waals surface area contributed by atoms with E-state index in [0.717, 1.165) is 12.2 Å². The lowest BCUT2D eigenvalue weighted by Gasteiger charge is -2.07. The molecule has 1 fully saturated rings. The van der Waals surface area contributed by atoms with E-state index < -0.39 is 10.1 Å². The fourth-order valence-electron chi connectivity index (χ4n) is 2.34. The number of hydrogen-bond acceptors (Lipinski definition) is 4. The first-order valence-corrected chi connectivity index (χ1v) is 11.6. The normalized spacial score (nSPS) is 17.9. The monoisotopic (exact) mass is 360 g/mol. The Morgan fingerprint density at radius 1 is 1.22 bits per heavy atom. The van der Waals surface area contributed by atoms with Crippen LogP contribution in [-0.4, -0.2) is 43.9 Å². The van der Waals surface area contributed by atoms with Crippen molar-refractivity contribution in [3.8, 4) is 0 Å². The molecule has 0 aromatic heterocycles. The highest BCUT2D eigenvalue weighted by Gasteiger charge is 2.14. The molecule has 0 amide bonds. The molecule has 4 nitrogen and oxygen atoms in total. The van der Waals surface area contributed by atoms with E-state index >= 15 is 0 Å². The number of aryl methyl sites for hydroxylation is 1. The topological polar surface area (TPSA) is 66.4 Å². The summed E-state index contributed by atoms with van der Waals surface area (Å²) in [6, 6.07) is 5.78. The predicted molar refractivity (Wildman–Crippen MR) is 96.0 cm³/mol. The van der Waals surface area contributed by atoms with Crippen LogP contribution >= 0.6 is 0 Å². The van der Waals surface area contributed by atoms with Crippen molar-refractivity contribution in [1.82, 2.24) is 0 Å². The van der Waals surface area contributed by atoms with Gasteiger partial charge in [-0.05, 0) is 62.1 Å². The summed E-state index contributed by atoms with van der Waals surface area (Å²) in [5, 5.41) is 0. The molecule has 0 N–H and O–H groups in total. The van der Waals surface area contributed by atoms with E-state index in [4.69, 9.17) is 4.74 Å². The molecule has 1 aliphatic rings. The third-order valence-electron chi connectivity index (χ3n) is 3.66. The maximum absolute atomic E-state index is 10.4. The van der Waals surface area contributed by atoms with E-state index in [1.165, 1.54) is 50.0 Å². The molecule has 0 spiro atoms. The van der Waals surface area contributed by atoms with Gasteiger partial charge in [-0.1, -0.05) is 17.7 Å². The number of ether oxygens (including phenoxy) is 1. The molecule has 6 heteroatoms. The fraction of sp³-hybridized carbons (Fsp3) is 0.647. The molecule has 0 radical (unpaired) electrons. The Balaban J connectivity index is 0.000000231. The van der Waals surface area contributed by atoms with Gasteiger partial charge in [-0.15, -0.1) is 0 Å². The van der Waals surface area contributed by atoms with Crippen LogP contribution < -0.4 is 0 Å². The zero-order valence-corrected chi connectivity index (χ0v) is 15.9. The minimum atomic E-state index is -4.27. The lowest BCUT2D eigenvalue weighted by atomic mass is 10.1. The summed E-state index contributed by atoms with van der Waals surface area (Å²) in [4.78, 5) is -0.178. The van der Waals surface area contributed by atoms with Gasteiger partial charge in [-0.2, -0.15) is 0 Å². The van der Waals surface area contributed by atoms with Crippen molar-refractivity contribution >= 4 is 21.0 Å². The smallest absolute Gasteiger partial charge is 0.124 e. The Bertz CT molecular complexity index is 532. The molecular weight excluding hydrogens is 332 g/mol. The van der Waals surface area contributed by atoms with Crippen LogP contribution in [-0.2, 0) is 25.7 Å². The van der Waals surface area contributed by atoms with Gasteiger partial charge in [0, 0.05) is 6.61 Å². The fourth-order valence-corrected chi connectivity index (χ4v) is 3.59. The number of benzene rings is 1. The van der Waals surface area contributed by atoms with Gasteiger partial charge >= 0.3 is 0 Å². The highest BCUT2D eigenvalue weighted by atomic mass is 32.2. The summed E-state index contributed by atoms with van der Waals surface area (Å²) in [5.41, 5.74) is 0.928. The SMILES string of the molecule is C[S+](C)CCCCC1CCCO1.Cc1ccc(S(=O)(=O)[O-])cc1. The molecule has 0 bridgehead atoms.